The minimum absolute atomic E-state index is 0.0474. The maximum Gasteiger partial charge on any atom is 0.193 e. The third kappa shape index (κ3) is 2.53. The molecule has 88 valence electrons. The van der Waals surface area contributed by atoms with Crippen LogP contribution in [0, 0.1) is 0 Å². The van der Waals surface area contributed by atoms with Crippen LogP contribution in [0.4, 0.5) is 0 Å². The molecule has 0 unspecified atom stereocenters. The van der Waals surface area contributed by atoms with Crippen LogP contribution in [0.1, 0.15) is 0 Å². The summed E-state index contributed by atoms with van der Waals surface area (Å²) in [5.74, 6) is 0.718. The van der Waals surface area contributed by atoms with Gasteiger partial charge in [-0.2, -0.15) is 0 Å². The number of hydrogen-bond donors (Lipinski definition) is 0. The second-order valence-corrected chi connectivity index (χ2v) is 4.22. The lowest BCUT2D eigenvalue weighted by atomic mass is 10.1. The lowest BCUT2D eigenvalue weighted by Gasteiger charge is -2.04. The van der Waals surface area contributed by atoms with E-state index in [9.17, 15) is 4.79 Å². The second-order valence-electron chi connectivity index (χ2n) is 3.41. The highest BCUT2D eigenvalue weighted by atomic mass is 32.2. The van der Waals surface area contributed by atoms with E-state index in [1.807, 2.05) is 30.5 Å². The van der Waals surface area contributed by atoms with Gasteiger partial charge < -0.3 is 9.15 Å². The smallest absolute Gasteiger partial charge is 0.193 e. The Hall–Kier alpha value is -1.68. The number of thioether (sulfide) groups is 1. The van der Waals surface area contributed by atoms with Crippen molar-refractivity contribution in [2.45, 2.75) is 5.09 Å². The molecule has 2 aromatic rings. The number of benzene rings is 1. The van der Waals surface area contributed by atoms with Gasteiger partial charge in [0, 0.05) is 6.07 Å². The SMILES string of the molecule is COc1cccc(-c2coc(SC)cc2=O)c1. The molecule has 0 fully saturated rings. The first kappa shape index (κ1) is 11.8. The summed E-state index contributed by atoms with van der Waals surface area (Å²) < 4.78 is 10.5. The average Bonchev–Trinajstić information content (AvgIpc) is 2.38. The molecule has 0 saturated carbocycles. The van der Waals surface area contributed by atoms with Crippen molar-refractivity contribution in [2.75, 3.05) is 13.4 Å². The van der Waals surface area contributed by atoms with Gasteiger partial charge in [0.05, 0.1) is 12.7 Å². The Kier molecular flexibility index (Phi) is 3.54. The summed E-state index contributed by atoms with van der Waals surface area (Å²) in [6, 6.07) is 8.84. The standard InChI is InChI=1S/C13H12O3S/c1-15-10-5-3-4-9(6-10)11-8-16-13(17-2)7-12(11)14/h3-8H,1-2H3. The van der Waals surface area contributed by atoms with Crippen LogP contribution in [0.5, 0.6) is 5.75 Å². The van der Waals surface area contributed by atoms with Crippen LogP contribution in [0.15, 0.2) is 50.9 Å². The molecule has 0 spiro atoms. The fourth-order valence-corrected chi connectivity index (χ4v) is 1.87. The predicted molar refractivity (Wildman–Crippen MR) is 68.7 cm³/mol. The van der Waals surface area contributed by atoms with Gasteiger partial charge in [0.2, 0.25) is 0 Å². The molecule has 1 heterocycles. The first-order valence-corrected chi connectivity index (χ1v) is 6.28. The van der Waals surface area contributed by atoms with Crippen LogP contribution < -0.4 is 10.2 Å². The van der Waals surface area contributed by atoms with Crippen LogP contribution >= 0.6 is 11.8 Å². The van der Waals surface area contributed by atoms with Gasteiger partial charge in [-0.15, -0.1) is 0 Å². The van der Waals surface area contributed by atoms with Crippen molar-refractivity contribution in [3.63, 3.8) is 0 Å². The summed E-state index contributed by atoms with van der Waals surface area (Å²) in [4.78, 5) is 11.9. The topological polar surface area (TPSA) is 39.4 Å². The Bertz CT molecular complexity index is 575. The van der Waals surface area contributed by atoms with Gasteiger partial charge in [0.25, 0.3) is 0 Å². The Morgan fingerprint density at radius 2 is 2.12 bits per heavy atom. The van der Waals surface area contributed by atoms with Crippen LogP contribution in [0.25, 0.3) is 11.1 Å². The molecule has 4 heteroatoms. The van der Waals surface area contributed by atoms with Gasteiger partial charge in [-0.05, 0) is 24.0 Å². The van der Waals surface area contributed by atoms with Gasteiger partial charge >= 0.3 is 0 Å². The summed E-state index contributed by atoms with van der Waals surface area (Å²) in [5.41, 5.74) is 1.29. The molecule has 0 aliphatic rings. The normalized spacial score (nSPS) is 10.2. The lowest BCUT2D eigenvalue weighted by Crippen LogP contribution is -2.02. The van der Waals surface area contributed by atoms with Gasteiger partial charge in [-0.25, -0.2) is 0 Å². The zero-order valence-corrected chi connectivity index (χ0v) is 10.4. The Morgan fingerprint density at radius 1 is 1.29 bits per heavy atom. The van der Waals surface area contributed by atoms with E-state index in [0.717, 1.165) is 11.3 Å². The Morgan fingerprint density at radius 3 is 2.76 bits per heavy atom. The molecule has 1 aromatic carbocycles. The molecule has 0 atom stereocenters. The first-order chi connectivity index (χ1) is 8.24. The molecule has 0 aliphatic carbocycles. The third-order valence-corrected chi connectivity index (χ3v) is 3.01. The molecular formula is C13H12O3S. The van der Waals surface area contributed by atoms with Gasteiger partial charge in [0.15, 0.2) is 10.5 Å². The summed E-state index contributed by atoms with van der Waals surface area (Å²) in [7, 11) is 1.60. The summed E-state index contributed by atoms with van der Waals surface area (Å²) >= 11 is 1.40. The van der Waals surface area contributed by atoms with Gasteiger partial charge in [-0.3, -0.25) is 4.79 Å². The summed E-state index contributed by atoms with van der Waals surface area (Å²) in [6.07, 6.45) is 3.35. The minimum atomic E-state index is -0.0474. The highest BCUT2D eigenvalue weighted by Gasteiger charge is 2.06. The van der Waals surface area contributed by atoms with E-state index in [1.165, 1.54) is 24.1 Å². The molecule has 0 N–H and O–H groups in total. The third-order valence-electron chi connectivity index (χ3n) is 2.39. The van der Waals surface area contributed by atoms with E-state index in [-0.39, 0.29) is 5.43 Å². The number of ether oxygens (including phenoxy) is 1. The van der Waals surface area contributed by atoms with E-state index in [2.05, 4.69) is 0 Å². The highest BCUT2D eigenvalue weighted by molar-refractivity contribution is 7.98. The molecular weight excluding hydrogens is 236 g/mol. The van der Waals surface area contributed by atoms with Crippen molar-refractivity contribution in [3.05, 3.63) is 46.8 Å². The number of rotatable bonds is 3. The monoisotopic (exact) mass is 248 g/mol. The molecule has 0 amide bonds. The molecule has 0 saturated heterocycles. The number of hydrogen-bond acceptors (Lipinski definition) is 4. The van der Waals surface area contributed by atoms with Crippen molar-refractivity contribution in [3.8, 4) is 16.9 Å². The summed E-state index contributed by atoms with van der Waals surface area (Å²) in [6.45, 7) is 0. The molecule has 0 radical (unpaired) electrons. The van der Waals surface area contributed by atoms with E-state index >= 15 is 0 Å². The van der Waals surface area contributed by atoms with E-state index < -0.39 is 0 Å². The maximum atomic E-state index is 11.9. The second kappa shape index (κ2) is 5.10. The lowest BCUT2D eigenvalue weighted by molar-refractivity contribution is 0.415. The average molecular weight is 248 g/mol. The predicted octanol–water partition coefficient (Wildman–Crippen LogP) is 3.04. The maximum absolute atomic E-state index is 11.9. The highest BCUT2D eigenvalue weighted by Crippen LogP contribution is 2.22. The van der Waals surface area contributed by atoms with Crippen LogP contribution in [0.2, 0.25) is 0 Å². The zero-order valence-electron chi connectivity index (χ0n) is 9.60. The van der Waals surface area contributed by atoms with Gasteiger partial charge in [-0.1, -0.05) is 23.9 Å². The Labute approximate surface area is 103 Å². The van der Waals surface area contributed by atoms with Crippen molar-refractivity contribution in [1.82, 2.24) is 0 Å². The summed E-state index contributed by atoms with van der Waals surface area (Å²) in [5, 5.41) is 0.613. The van der Waals surface area contributed by atoms with Crippen LogP contribution in [-0.4, -0.2) is 13.4 Å². The fourth-order valence-electron chi connectivity index (χ4n) is 1.50. The van der Waals surface area contributed by atoms with Crippen molar-refractivity contribution in [2.24, 2.45) is 0 Å². The van der Waals surface area contributed by atoms with Gasteiger partial charge in [0.1, 0.15) is 12.0 Å². The minimum Gasteiger partial charge on any atom is -0.497 e. The van der Waals surface area contributed by atoms with E-state index in [1.54, 1.807) is 7.11 Å². The van der Waals surface area contributed by atoms with E-state index in [0.29, 0.717) is 10.7 Å². The van der Waals surface area contributed by atoms with Crippen molar-refractivity contribution < 1.29 is 9.15 Å². The molecule has 1 aromatic heterocycles. The van der Waals surface area contributed by atoms with Crippen LogP contribution in [0.3, 0.4) is 0 Å². The molecule has 2 rings (SSSR count). The molecule has 0 aliphatic heterocycles. The quantitative estimate of drug-likeness (QED) is 0.783. The number of methoxy groups -OCH3 is 1. The fraction of sp³-hybridized carbons (Fsp3) is 0.154. The first-order valence-electron chi connectivity index (χ1n) is 5.06. The van der Waals surface area contributed by atoms with Crippen molar-refractivity contribution >= 4 is 11.8 Å². The van der Waals surface area contributed by atoms with Crippen molar-refractivity contribution in [1.29, 1.82) is 0 Å². The van der Waals surface area contributed by atoms with E-state index in [4.69, 9.17) is 9.15 Å². The van der Waals surface area contributed by atoms with Crippen LogP contribution in [-0.2, 0) is 0 Å². The molecule has 3 nitrogen and oxygen atoms in total. The molecule has 17 heavy (non-hydrogen) atoms. The zero-order chi connectivity index (χ0) is 12.3. The Balaban J connectivity index is 2.49. The molecule has 0 bridgehead atoms. The largest absolute Gasteiger partial charge is 0.497 e.